The van der Waals surface area contributed by atoms with Gasteiger partial charge in [0.05, 0.1) is 0 Å². The summed E-state index contributed by atoms with van der Waals surface area (Å²) in [4.78, 5) is 16.1. The molecule has 0 bridgehead atoms. The van der Waals surface area contributed by atoms with Crippen LogP contribution in [0, 0.1) is 0 Å². The monoisotopic (exact) mass is 333 g/mol. The molecule has 2 unspecified atom stereocenters. The number of carbonyl (C=O) groups excluding carboxylic acids is 1. The van der Waals surface area contributed by atoms with E-state index in [1.807, 2.05) is 6.07 Å². The minimum absolute atomic E-state index is 0. The summed E-state index contributed by atoms with van der Waals surface area (Å²) < 4.78 is 0.730. The second-order valence-corrected chi connectivity index (χ2v) is 5.15. The van der Waals surface area contributed by atoms with Crippen molar-refractivity contribution < 1.29 is 4.79 Å². The summed E-state index contributed by atoms with van der Waals surface area (Å²) in [5.41, 5.74) is 0.449. The molecule has 100 valence electrons. The molecular formula is C12H17BrClN3O. The van der Waals surface area contributed by atoms with Crippen LogP contribution in [0.25, 0.3) is 0 Å². The number of nitrogens with one attached hydrogen (secondary N) is 2. The molecule has 0 spiro atoms. The number of nitrogens with zero attached hydrogens (tertiary/aromatic N) is 1. The third-order valence-corrected chi connectivity index (χ3v) is 3.69. The number of carbonyl (C=O) groups is 1. The molecule has 1 saturated heterocycles. The zero-order chi connectivity index (χ0) is 12.3. The number of aromatic nitrogens is 1. The fraction of sp³-hybridized carbons (Fsp3) is 0.500. The van der Waals surface area contributed by atoms with E-state index in [-0.39, 0.29) is 24.4 Å². The molecule has 1 fully saturated rings. The number of piperidine rings is 1. The molecule has 1 aromatic heterocycles. The van der Waals surface area contributed by atoms with Crippen molar-refractivity contribution in [3.8, 4) is 0 Å². The highest BCUT2D eigenvalue weighted by Crippen LogP contribution is 2.14. The lowest BCUT2D eigenvalue weighted by atomic mass is 10.00. The van der Waals surface area contributed by atoms with Crippen molar-refractivity contribution in [1.82, 2.24) is 15.6 Å². The van der Waals surface area contributed by atoms with Crippen molar-refractivity contribution in [3.63, 3.8) is 0 Å². The van der Waals surface area contributed by atoms with Crippen LogP contribution in [0.15, 0.2) is 22.8 Å². The molecule has 18 heavy (non-hydrogen) atoms. The van der Waals surface area contributed by atoms with E-state index >= 15 is 0 Å². The summed E-state index contributed by atoms with van der Waals surface area (Å²) in [6, 6.07) is 4.12. The van der Waals surface area contributed by atoms with Gasteiger partial charge in [-0.1, -0.05) is 0 Å². The van der Waals surface area contributed by atoms with Crippen LogP contribution in [0.2, 0.25) is 0 Å². The number of pyridine rings is 1. The molecule has 1 aromatic rings. The minimum atomic E-state index is -0.113. The molecule has 0 aromatic carbocycles. The van der Waals surface area contributed by atoms with E-state index in [4.69, 9.17) is 0 Å². The first-order chi connectivity index (χ1) is 8.18. The van der Waals surface area contributed by atoms with Crippen LogP contribution in [0.4, 0.5) is 0 Å². The fourth-order valence-electron chi connectivity index (χ4n) is 2.03. The molecular weight excluding hydrogens is 318 g/mol. The lowest BCUT2D eigenvalue weighted by Crippen LogP contribution is -2.52. The third kappa shape index (κ3) is 3.67. The van der Waals surface area contributed by atoms with Crippen molar-refractivity contribution >= 4 is 34.2 Å². The van der Waals surface area contributed by atoms with Crippen molar-refractivity contribution in [1.29, 1.82) is 0 Å². The van der Waals surface area contributed by atoms with Crippen molar-refractivity contribution in [2.24, 2.45) is 0 Å². The van der Waals surface area contributed by atoms with Gasteiger partial charge in [-0.15, -0.1) is 12.4 Å². The molecule has 0 radical (unpaired) electrons. The van der Waals surface area contributed by atoms with E-state index in [0.717, 1.165) is 23.9 Å². The molecule has 2 heterocycles. The van der Waals surface area contributed by atoms with Gasteiger partial charge < -0.3 is 10.6 Å². The van der Waals surface area contributed by atoms with Crippen LogP contribution in [-0.2, 0) is 0 Å². The maximum Gasteiger partial charge on any atom is 0.271 e. The summed E-state index contributed by atoms with van der Waals surface area (Å²) in [7, 11) is 0. The highest BCUT2D eigenvalue weighted by atomic mass is 79.9. The minimum Gasteiger partial charge on any atom is -0.346 e. The van der Waals surface area contributed by atoms with Crippen LogP contribution in [0.3, 0.4) is 0 Å². The number of rotatable bonds is 2. The van der Waals surface area contributed by atoms with Crippen molar-refractivity contribution in [3.05, 3.63) is 28.5 Å². The zero-order valence-corrected chi connectivity index (χ0v) is 12.6. The molecule has 0 aliphatic carbocycles. The highest BCUT2D eigenvalue weighted by Gasteiger charge is 2.23. The third-order valence-electron chi connectivity index (χ3n) is 3.05. The molecule has 1 amide bonds. The highest BCUT2D eigenvalue weighted by molar-refractivity contribution is 9.10. The number of amides is 1. The van der Waals surface area contributed by atoms with Gasteiger partial charge in [0, 0.05) is 22.8 Å². The van der Waals surface area contributed by atoms with Gasteiger partial charge in [0.2, 0.25) is 0 Å². The Kier molecular flexibility index (Phi) is 6.05. The van der Waals surface area contributed by atoms with Crippen LogP contribution in [0.5, 0.6) is 0 Å². The van der Waals surface area contributed by atoms with E-state index in [1.165, 1.54) is 0 Å². The van der Waals surface area contributed by atoms with E-state index in [9.17, 15) is 4.79 Å². The van der Waals surface area contributed by atoms with E-state index in [2.05, 4.69) is 38.5 Å². The molecule has 2 atom stereocenters. The van der Waals surface area contributed by atoms with E-state index in [1.54, 1.807) is 12.3 Å². The molecule has 2 rings (SSSR count). The maximum atomic E-state index is 12.0. The van der Waals surface area contributed by atoms with Crippen LogP contribution >= 0.6 is 28.3 Å². The van der Waals surface area contributed by atoms with Crippen molar-refractivity contribution in [2.75, 3.05) is 6.54 Å². The van der Waals surface area contributed by atoms with Gasteiger partial charge in [-0.25, -0.2) is 4.98 Å². The van der Waals surface area contributed by atoms with Crippen LogP contribution in [0.1, 0.15) is 30.3 Å². The summed E-state index contributed by atoms with van der Waals surface area (Å²) >= 11 is 3.34. The first-order valence-corrected chi connectivity index (χ1v) is 6.62. The lowest BCUT2D eigenvalue weighted by molar-refractivity contribution is 0.0914. The van der Waals surface area contributed by atoms with Gasteiger partial charge in [-0.2, -0.15) is 0 Å². The SMILES string of the molecule is CC1NCCCC1NC(=O)c1ncccc1Br.Cl. The second-order valence-electron chi connectivity index (χ2n) is 4.30. The Morgan fingerprint density at radius 2 is 2.39 bits per heavy atom. The van der Waals surface area contributed by atoms with Crippen molar-refractivity contribution in [2.45, 2.75) is 31.8 Å². The standard InChI is InChI=1S/C12H16BrN3O.ClH/c1-8-10(5-3-6-14-8)16-12(17)11-9(13)4-2-7-15-11;/h2,4,7-8,10,14H,3,5-6H2,1H3,(H,16,17);1H. The normalized spacial score (nSPS) is 23.0. The first-order valence-electron chi connectivity index (χ1n) is 5.83. The van der Waals surface area contributed by atoms with E-state index in [0.29, 0.717) is 11.7 Å². The quantitative estimate of drug-likeness (QED) is 0.871. The van der Waals surface area contributed by atoms with Gasteiger partial charge in [-0.3, -0.25) is 4.79 Å². The number of halogens is 2. The zero-order valence-electron chi connectivity index (χ0n) is 10.1. The molecule has 4 nitrogen and oxygen atoms in total. The predicted octanol–water partition coefficient (Wildman–Crippen LogP) is 2.14. The molecule has 1 aliphatic heterocycles. The summed E-state index contributed by atoms with van der Waals surface area (Å²) in [5, 5.41) is 6.39. The Bertz CT molecular complexity index is 416. The molecule has 2 N–H and O–H groups in total. The van der Waals surface area contributed by atoms with Gasteiger partial charge >= 0.3 is 0 Å². The van der Waals surface area contributed by atoms with Gasteiger partial charge in [-0.05, 0) is 54.4 Å². The predicted molar refractivity (Wildman–Crippen MR) is 77.1 cm³/mol. The molecule has 1 aliphatic rings. The van der Waals surface area contributed by atoms with Gasteiger partial charge in [0.25, 0.3) is 5.91 Å². The smallest absolute Gasteiger partial charge is 0.271 e. The maximum absolute atomic E-state index is 12.0. The number of hydrogen-bond donors (Lipinski definition) is 2. The van der Waals surface area contributed by atoms with Gasteiger partial charge in [0.15, 0.2) is 0 Å². The Morgan fingerprint density at radius 3 is 3.06 bits per heavy atom. The topological polar surface area (TPSA) is 54.0 Å². The molecule has 6 heteroatoms. The fourth-order valence-corrected chi connectivity index (χ4v) is 2.47. The van der Waals surface area contributed by atoms with Gasteiger partial charge in [0.1, 0.15) is 5.69 Å². The van der Waals surface area contributed by atoms with Crippen LogP contribution < -0.4 is 10.6 Å². The second kappa shape index (κ2) is 7.07. The summed E-state index contributed by atoms with van der Waals surface area (Å²) in [6.45, 7) is 3.12. The summed E-state index contributed by atoms with van der Waals surface area (Å²) in [6.07, 6.45) is 3.74. The average Bonchev–Trinajstić information content (AvgIpc) is 2.32. The van der Waals surface area contributed by atoms with E-state index < -0.39 is 0 Å². The Hall–Kier alpha value is -0.650. The lowest BCUT2D eigenvalue weighted by Gasteiger charge is -2.30. The Balaban J connectivity index is 0.00000162. The largest absolute Gasteiger partial charge is 0.346 e. The summed E-state index contributed by atoms with van der Waals surface area (Å²) in [5.74, 6) is -0.113. The first kappa shape index (κ1) is 15.4. The Morgan fingerprint density at radius 1 is 1.61 bits per heavy atom. The van der Waals surface area contributed by atoms with Crippen LogP contribution in [-0.4, -0.2) is 29.5 Å². The number of hydrogen-bond acceptors (Lipinski definition) is 3. The molecule has 0 saturated carbocycles. The average molecular weight is 335 g/mol. The Labute approximate surface area is 121 Å².